The molecule has 1 unspecified atom stereocenters. The van der Waals surface area contributed by atoms with Gasteiger partial charge in [-0.15, -0.1) is 0 Å². The van der Waals surface area contributed by atoms with Crippen molar-refractivity contribution in [3.8, 4) is 11.1 Å². The number of fused-ring (bicyclic) bond motifs is 1. The van der Waals surface area contributed by atoms with Gasteiger partial charge in [-0.25, -0.2) is 0 Å². The van der Waals surface area contributed by atoms with Gasteiger partial charge >= 0.3 is 0 Å². The summed E-state index contributed by atoms with van der Waals surface area (Å²) in [5.74, 6) is 0. The van der Waals surface area contributed by atoms with Crippen LogP contribution in [0.5, 0.6) is 0 Å². The number of ether oxygens (including phenoxy) is 1. The summed E-state index contributed by atoms with van der Waals surface area (Å²) in [6.07, 6.45) is 1.26. The normalized spacial score (nSPS) is 18.2. The van der Waals surface area contributed by atoms with Gasteiger partial charge in [-0.1, -0.05) is 47.5 Å². The Kier molecular flexibility index (Phi) is 3.16. The first-order chi connectivity index (χ1) is 9.13. The van der Waals surface area contributed by atoms with E-state index in [1.807, 2.05) is 0 Å². The van der Waals surface area contributed by atoms with Gasteiger partial charge in [0.05, 0.1) is 12.7 Å². The molecule has 1 aliphatic rings. The molecule has 1 aliphatic heterocycles. The van der Waals surface area contributed by atoms with Crippen molar-refractivity contribution in [1.29, 1.82) is 0 Å². The van der Waals surface area contributed by atoms with E-state index in [-0.39, 0.29) is 6.10 Å². The van der Waals surface area contributed by atoms with Crippen LogP contribution in [0.25, 0.3) is 11.1 Å². The minimum atomic E-state index is 0.233. The molecule has 2 aromatic carbocycles. The second-order valence-corrected chi connectivity index (χ2v) is 5.55. The van der Waals surface area contributed by atoms with Gasteiger partial charge < -0.3 is 4.74 Å². The second-order valence-electron chi connectivity index (χ2n) is 5.55. The fourth-order valence-electron chi connectivity index (χ4n) is 2.98. The Hall–Kier alpha value is -1.60. The molecule has 1 atom stereocenters. The molecule has 0 spiro atoms. The van der Waals surface area contributed by atoms with Crippen LogP contribution in [0, 0.1) is 13.8 Å². The SMILES string of the molecule is Cc1cc(C)cc(-c2ccc3c(c2)CCOC3C)c1. The first-order valence-electron chi connectivity index (χ1n) is 6.96. The third-order valence-corrected chi connectivity index (χ3v) is 3.88. The lowest BCUT2D eigenvalue weighted by atomic mass is 9.92. The zero-order chi connectivity index (χ0) is 13.4. The topological polar surface area (TPSA) is 9.23 Å². The highest BCUT2D eigenvalue weighted by molar-refractivity contribution is 5.66. The quantitative estimate of drug-likeness (QED) is 0.720. The van der Waals surface area contributed by atoms with Gasteiger partial charge in [0, 0.05) is 0 Å². The minimum absolute atomic E-state index is 0.233. The molecular weight excluding hydrogens is 232 g/mol. The highest BCUT2D eigenvalue weighted by Gasteiger charge is 2.17. The third kappa shape index (κ3) is 2.43. The van der Waals surface area contributed by atoms with Gasteiger partial charge in [-0.3, -0.25) is 0 Å². The molecule has 0 saturated heterocycles. The standard InChI is InChI=1S/C18H20O/c1-12-8-13(2)10-17(9-12)15-4-5-18-14(3)19-7-6-16(18)11-15/h4-5,8-11,14H,6-7H2,1-3H3. The highest BCUT2D eigenvalue weighted by Crippen LogP contribution is 2.31. The molecule has 0 aliphatic carbocycles. The lowest BCUT2D eigenvalue weighted by Crippen LogP contribution is -2.13. The Bertz CT molecular complexity index is 593. The molecule has 3 rings (SSSR count). The largest absolute Gasteiger partial charge is 0.373 e. The highest BCUT2D eigenvalue weighted by atomic mass is 16.5. The number of hydrogen-bond donors (Lipinski definition) is 0. The molecule has 0 radical (unpaired) electrons. The third-order valence-electron chi connectivity index (χ3n) is 3.88. The molecule has 1 heterocycles. The summed E-state index contributed by atoms with van der Waals surface area (Å²) in [7, 11) is 0. The Morgan fingerprint density at radius 2 is 1.68 bits per heavy atom. The molecule has 1 nitrogen and oxygen atoms in total. The van der Waals surface area contributed by atoms with Crippen LogP contribution < -0.4 is 0 Å². The lowest BCUT2D eigenvalue weighted by molar-refractivity contribution is 0.0555. The van der Waals surface area contributed by atoms with E-state index in [1.54, 1.807) is 0 Å². The van der Waals surface area contributed by atoms with Crippen molar-refractivity contribution in [1.82, 2.24) is 0 Å². The maximum absolute atomic E-state index is 5.69. The van der Waals surface area contributed by atoms with Crippen LogP contribution in [-0.2, 0) is 11.2 Å². The summed E-state index contributed by atoms with van der Waals surface area (Å²) in [6, 6.07) is 13.5. The predicted molar refractivity (Wildman–Crippen MR) is 79.4 cm³/mol. The Morgan fingerprint density at radius 3 is 2.42 bits per heavy atom. The number of benzene rings is 2. The van der Waals surface area contributed by atoms with E-state index in [0.717, 1.165) is 13.0 Å². The van der Waals surface area contributed by atoms with Crippen molar-refractivity contribution in [2.24, 2.45) is 0 Å². The van der Waals surface area contributed by atoms with Crippen LogP contribution in [0.15, 0.2) is 36.4 Å². The molecule has 0 N–H and O–H groups in total. The van der Waals surface area contributed by atoms with E-state index in [9.17, 15) is 0 Å². The number of rotatable bonds is 1. The Morgan fingerprint density at radius 1 is 0.947 bits per heavy atom. The predicted octanol–water partition coefficient (Wildman–Crippen LogP) is 4.60. The molecule has 0 aromatic heterocycles. The van der Waals surface area contributed by atoms with Gasteiger partial charge in [-0.05, 0) is 49.4 Å². The number of hydrogen-bond acceptors (Lipinski definition) is 1. The van der Waals surface area contributed by atoms with Crippen LogP contribution in [0.2, 0.25) is 0 Å². The fourth-order valence-corrected chi connectivity index (χ4v) is 2.98. The van der Waals surface area contributed by atoms with Crippen molar-refractivity contribution >= 4 is 0 Å². The summed E-state index contributed by atoms with van der Waals surface area (Å²) in [5.41, 5.74) is 8.07. The molecule has 98 valence electrons. The van der Waals surface area contributed by atoms with E-state index >= 15 is 0 Å². The van der Waals surface area contributed by atoms with E-state index in [2.05, 4.69) is 57.2 Å². The van der Waals surface area contributed by atoms with Crippen LogP contribution >= 0.6 is 0 Å². The summed E-state index contributed by atoms with van der Waals surface area (Å²) in [6.45, 7) is 7.29. The molecule has 0 amide bonds. The molecule has 2 aromatic rings. The molecule has 0 fully saturated rings. The van der Waals surface area contributed by atoms with Crippen LogP contribution in [0.3, 0.4) is 0 Å². The molecule has 19 heavy (non-hydrogen) atoms. The average Bonchev–Trinajstić information content (AvgIpc) is 2.37. The molecule has 1 heteroatoms. The van der Waals surface area contributed by atoms with Crippen molar-refractivity contribution in [3.05, 3.63) is 58.7 Å². The van der Waals surface area contributed by atoms with E-state index in [0.29, 0.717) is 0 Å². The summed E-state index contributed by atoms with van der Waals surface area (Å²) in [4.78, 5) is 0. The molecule has 0 saturated carbocycles. The Labute approximate surface area is 115 Å². The smallest absolute Gasteiger partial charge is 0.0799 e. The minimum Gasteiger partial charge on any atom is -0.373 e. The number of aryl methyl sites for hydroxylation is 2. The van der Waals surface area contributed by atoms with Crippen LogP contribution in [0.4, 0.5) is 0 Å². The second kappa shape index (κ2) is 4.82. The average molecular weight is 252 g/mol. The van der Waals surface area contributed by atoms with Crippen molar-refractivity contribution in [2.75, 3.05) is 6.61 Å². The van der Waals surface area contributed by atoms with Gasteiger partial charge in [0.25, 0.3) is 0 Å². The van der Waals surface area contributed by atoms with Gasteiger partial charge in [0.1, 0.15) is 0 Å². The van der Waals surface area contributed by atoms with E-state index in [4.69, 9.17) is 4.74 Å². The fraction of sp³-hybridized carbons (Fsp3) is 0.333. The van der Waals surface area contributed by atoms with E-state index < -0.39 is 0 Å². The maximum Gasteiger partial charge on any atom is 0.0799 e. The van der Waals surface area contributed by atoms with Gasteiger partial charge in [0.15, 0.2) is 0 Å². The van der Waals surface area contributed by atoms with Crippen molar-refractivity contribution in [3.63, 3.8) is 0 Å². The zero-order valence-electron chi connectivity index (χ0n) is 11.9. The van der Waals surface area contributed by atoms with Gasteiger partial charge in [-0.2, -0.15) is 0 Å². The molecule has 0 bridgehead atoms. The summed E-state index contributed by atoms with van der Waals surface area (Å²) in [5, 5.41) is 0. The maximum atomic E-state index is 5.69. The monoisotopic (exact) mass is 252 g/mol. The zero-order valence-corrected chi connectivity index (χ0v) is 11.9. The van der Waals surface area contributed by atoms with Gasteiger partial charge in [0.2, 0.25) is 0 Å². The summed E-state index contributed by atoms with van der Waals surface area (Å²) >= 11 is 0. The first kappa shape index (κ1) is 12.4. The summed E-state index contributed by atoms with van der Waals surface area (Å²) < 4.78 is 5.69. The van der Waals surface area contributed by atoms with E-state index in [1.165, 1.54) is 33.4 Å². The van der Waals surface area contributed by atoms with Crippen LogP contribution in [-0.4, -0.2) is 6.61 Å². The molecular formula is C18H20O. The van der Waals surface area contributed by atoms with Crippen molar-refractivity contribution in [2.45, 2.75) is 33.3 Å². The lowest BCUT2D eigenvalue weighted by Gasteiger charge is -2.23. The first-order valence-corrected chi connectivity index (χ1v) is 6.96. The van der Waals surface area contributed by atoms with Crippen molar-refractivity contribution < 1.29 is 4.74 Å². The van der Waals surface area contributed by atoms with Crippen LogP contribution in [0.1, 0.15) is 35.3 Å². The Balaban J connectivity index is 2.06.